The van der Waals surface area contributed by atoms with Crippen LogP contribution in [0, 0.1) is 15.9 Å². The molecule has 2 amide bonds. The van der Waals surface area contributed by atoms with Crippen LogP contribution in [0.5, 0.6) is 0 Å². The first-order chi connectivity index (χ1) is 13.5. The molecule has 1 fully saturated rings. The van der Waals surface area contributed by atoms with E-state index in [1.807, 2.05) is 4.90 Å². The van der Waals surface area contributed by atoms with Gasteiger partial charge in [-0.3, -0.25) is 29.5 Å². The van der Waals surface area contributed by atoms with Crippen LogP contribution in [0.4, 0.5) is 15.8 Å². The maximum Gasteiger partial charge on any atom is 0.282 e. The SMILES string of the molecule is O=C1c2cccc([N+](=O)[O-])c2C(=O)N1CN1CCN(c2ccc(F)cc2)CC1. The normalized spacial score (nSPS) is 17.2. The van der Waals surface area contributed by atoms with Crippen molar-refractivity contribution in [3.05, 3.63) is 69.5 Å². The number of nitro benzene ring substituents is 1. The molecule has 8 nitrogen and oxygen atoms in total. The molecular formula is C19H17FN4O4. The Morgan fingerprint density at radius 1 is 0.964 bits per heavy atom. The number of anilines is 1. The fourth-order valence-corrected chi connectivity index (χ4v) is 3.60. The van der Waals surface area contributed by atoms with Gasteiger partial charge in [0.05, 0.1) is 17.2 Å². The van der Waals surface area contributed by atoms with E-state index < -0.39 is 16.7 Å². The van der Waals surface area contributed by atoms with E-state index in [9.17, 15) is 24.1 Å². The second-order valence-electron chi connectivity index (χ2n) is 6.72. The summed E-state index contributed by atoms with van der Waals surface area (Å²) in [6.07, 6.45) is 0. The molecule has 2 aliphatic heterocycles. The summed E-state index contributed by atoms with van der Waals surface area (Å²) in [5.74, 6) is -1.43. The van der Waals surface area contributed by atoms with Gasteiger partial charge in [-0.1, -0.05) is 6.07 Å². The molecule has 0 aromatic heterocycles. The monoisotopic (exact) mass is 384 g/mol. The molecule has 2 aliphatic rings. The van der Waals surface area contributed by atoms with Crippen LogP contribution in [-0.2, 0) is 0 Å². The number of nitro groups is 1. The summed E-state index contributed by atoms with van der Waals surface area (Å²) in [5, 5.41) is 11.2. The minimum atomic E-state index is -0.644. The topological polar surface area (TPSA) is 87.0 Å². The van der Waals surface area contributed by atoms with Crippen molar-refractivity contribution >= 4 is 23.2 Å². The lowest BCUT2D eigenvalue weighted by atomic mass is 10.1. The van der Waals surface area contributed by atoms with Gasteiger partial charge >= 0.3 is 0 Å². The molecule has 4 rings (SSSR count). The Balaban J connectivity index is 1.44. The van der Waals surface area contributed by atoms with Gasteiger partial charge in [-0.25, -0.2) is 4.39 Å². The Bertz CT molecular complexity index is 955. The Morgan fingerprint density at radius 2 is 1.64 bits per heavy atom. The third-order valence-corrected chi connectivity index (χ3v) is 5.08. The third kappa shape index (κ3) is 3.09. The number of hydrogen-bond donors (Lipinski definition) is 0. The van der Waals surface area contributed by atoms with Gasteiger partial charge < -0.3 is 4.90 Å². The number of amides is 2. The summed E-state index contributed by atoms with van der Waals surface area (Å²) in [6, 6.07) is 10.3. The van der Waals surface area contributed by atoms with Gasteiger partial charge in [-0.15, -0.1) is 0 Å². The fraction of sp³-hybridized carbons (Fsp3) is 0.263. The maximum absolute atomic E-state index is 13.1. The van der Waals surface area contributed by atoms with Crippen molar-refractivity contribution in [2.45, 2.75) is 0 Å². The third-order valence-electron chi connectivity index (χ3n) is 5.08. The highest BCUT2D eigenvalue weighted by molar-refractivity contribution is 6.23. The van der Waals surface area contributed by atoms with Gasteiger partial charge in [0.2, 0.25) is 0 Å². The van der Waals surface area contributed by atoms with E-state index in [-0.39, 0.29) is 29.3 Å². The average molecular weight is 384 g/mol. The van der Waals surface area contributed by atoms with Crippen LogP contribution < -0.4 is 4.90 Å². The summed E-state index contributed by atoms with van der Waals surface area (Å²) in [4.78, 5) is 40.9. The second kappa shape index (κ2) is 7.01. The molecule has 0 spiro atoms. The molecule has 0 N–H and O–H groups in total. The van der Waals surface area contributed by atoms with Crippen molar-refractivity contribution in [3.8, 4) is 0 Å². The predicted octanol–water partition coefficient (Wildman–Crippen LogP) is 2.11. The lowest BCUT2D eigenvalue weighted by molar-refractivity contribution is -0.385. The number of halogens is 1. The lowest BCUT2D eigenvalue weighted by Crippen LogP contribution is -2.51. The quantitative estimate of drug-likeness (QED) is 0.456. The highest BCUT2D eigenvalue weighted by Crippen LogP contribution is 2.31. The van der Waals surface area contributed by atoms with Crippen molar-refractivity contribution in [1.82, 2.24) is 9.80 Å². The molecule has 0 saturated carbocycles. The highest BCUT2D eigenvalue weighted by Gasteiger charge is 2.41. The molecular weight excluding hydrogens is 367 g/mol. The Hall–Kier alpha value is -3.33. The van der Waals surface area contributed by atoms with Crippen LogP contribution in [0.3, 0.4) is 0 Å². The zero-order chi connectivity index (χ0) is 19.8. The van der Waals surface area contributed by atoms with E-state index in [4.69, 9.17) is 0 Å². The van der Waals surface area contributed by atoms with E-state index in [0.29, 0.717) is 26.2 Å². The Morgan fingerprint density at radius 3 is 2.29 bits per heavy atom. The zero-order valence-corrected chi connectivity index (χ0v) is 14.9. The molecule has 0 bridgehead atoms. The molecule has 144 valence electrons. The summed E-state index contributed by atoms with van der Waals surface area (Å²) >= 11 is 0. The van der Waals surface area contributed by atoms with Gasteiger partial charge in [0.15, 0.2) is 0 Å². The number of imide groups is 1. The molecule has 0 atom stereocenters. The number of piperazine rings is 1. The van der Waals surface area contributed by atoms with Crippen LogP contribution in [-0.4, -0.2) is 59.4 Å². The Labute approximate surface area is 159 Å². The number of nitrogens with zero attached hydrogens (tertiary/aromatic N) is 4. The summed E-state index contributed by atoms with van der Waals surface area (Å²) in [5.41, 5.74) is 0.503. The maximum atomic E-state index is 13.1. The van der Waals surface area contributed by atoms with Gasteiger partial charge in [-0.2, -0.15) is 0 Å². The number of carbonyl (C=O) groups is 2. The summed E-state index contributed by atoms with van der Waals surface area (Å²) in [7, 11) is 0. The van der Waals surface area contributed by atoms with Crippen molar-refractivity contribution in [1.29, 1.82) is 0 Å². The number of benzene rings is 2. The molecule has 0 aliphatic carbocycles. The van der Waals surface area contributed by atoms with Gasteiger partial charge in [0, 0.05) is 37.9 Å². The predicted molar refractivity (Wildman–Crippen MR) is 98.6 cm³/mol. The molecule has 2 aromatic rings. The number of fused-ring (bicyclic) bond motifs is 1. The summed E-state index contributed by atoms with van der Waals surface area (Å²) < 4.78 is 13.1. The Kier molecular flexibility index (Phi) is 4.52. The highest BCUT2D eigenvalue weighted by atomic mass is 19.1. The van der Waals surface area contributed by atoms with Crippen LogP contribution in [0.2, 0.25) is 0 Å². The van der Waals surface area contributed by atoms with E-state index in [2.05, 4.69) is 4.90 Å². The standard InChI is InChI=1S/C19H17FN4O4/c20-13-4-6-14(7-5-13)22-10-8-21(9-11-22)12-23-18(25)15-2-1-3-16(24(27)28)17(15)19(23)26/h1-7H,8-12H2. The fourth-order valence-electron chi connectivity index (χ4n) is 3.60. The van der Waals surface area contributed by atoms with Crippen molar-refractivity contribution in [2.75, 3.05) is 37.7 Å². The van der Waals surface area contributed by atoms with Crippen LogP contribution >= 0.6 is 0 Å². The lowest BCUT2D eigenvalue weighted by Gasteiger charge is -2.37. The smallest absolute Gasteiger partial charge is 0.282 e. The summed E-state index contributed by atoms with van der Waals surface area (Å²) in [6.45, 7) is 2.62. The molecule has 2 heterocycles. The van der Waals surface area contributed by atoms with E-state index in [0.717, 1.165) is 10.6 Å². The molecule has 0 unspecified atom stereocenters. The number of hydrogen-bond acceptors (Lipinski definition) is 6. The average Bonchev–Trinajstić information content (AvgIpc) is 2.94. The van der Waals surface area contributed by atoms with E-state index in [1.54, 1.807) is 12.1 Å². The van der Waals surface area contributed by atoms with Crippen molar-refractivity contribution in [3.63, 3.8) is 0 Å². The first-order valence-corrected chi connectivity index (χ1v) is 8.82. The van der Waals surface area contributed by atoms with E-state index >= 15 is 0 Å². The van der Waals surface area contributed by atoms with Gasteiger partial charge in [0.1, 0.15) is 11.4 Å². The van der Waals surface area contributed by atoms with Crippen LogP contribution in [0.25, 0.3) is 0 Å². The first kappa shape index (κ1) is 18.1. The molecule has 28 heavy (non-hydrogen) atoms. The van der Waals surface area contributed by atoms with Crippen LogP contribution in [0.15, 0.2) is 42.5 Å². The molecule has 2 aromatic carbocycles. The second-order valence-corrected chi connectivity index (χ2v) is 6.72. The van der Waals surface area contributed by atoms with Crippen molar-refractivity contribution < 1.29 is 18.9 Å². The van der Waals surface area contributed by atoms with Crippen molar-refractivity contribution in [2.24, 2.45) is 0 Å². The molecule has 9 heteroatoms. The molecule has 1 saturated heterocycles. The van der Waals surface area contributed by atoms with Gasteiger partial charge in [-0.05, 0) is 30.3 Å². The van der Waals surface area contributed by atoms with E-state index in [1.165, 1.54) is 30.3 Å². The van der Waals surface area contributed by atoms with Gasteiger partial charge in [0.25, 0.3) is 17.5 Å². The first-order valence-electron chi connectivity index (χ1n) is 8.82. The van der Waals surface area contributed by atoms with Crippen LogP contribution in [0.1, 0.15) is 20.7 Å². The molecule has 0 radical (unpaired) electrons. The number of carbonyl (C=O) groups excluding carboxylic acids is 2. The zero-order valence-electron chi connectivity index (χ0n) is 14.9. The largest absolute Gasteiger partial charge is 0.369 e. The minimum absolute atomic E-state index is 0.0733. The minimum Gasteiger partial charge on any atom is -0.369 e. The number of rotatable bonds is 4.